The molecule has 0 unspecified atom stereocenters. The Morgan fingerprint density at radius 1 is 1.13 bits per heavy atom. The lowest BCUT2D eigenvalue weighted by atomic mass is 10.2. The predicted octanol–water partition coefficient (Wildman–Crippen LogP) is 5.04. The van der Waals surface area contributed by atoms with E-state index in [0.29, 0.717) is 0 Å². The highest BCUT2D eigenvalue weighted by Gasteiger charge is 1.92. The van der Waals surface area contributed by atoms with E-state index in [2.05, 4.69) is 57.2 Å². The van der Waals surface area contributed by atoms with Gasteiger partial charge < -0.3 is 0 Å². The topological polar surface area (TPSA) is 0 Å². The van der Waals surface area contributed by atoms with Gasteiger partial charge in [0.15, 0.2) is 0 Å². The second-order valence-electron chi connectivity index (χ2n) is 3.56. The zero-order valence-electron chi connectivity index (χ0n) is 9.66. The molecule has 0 saturated heterocycles. The Hall–Kier alpha value is -0.950. The standard InChI is InChI=1S/C14H18S/c1-4-12(2)10-11-13(3)15-14-8-6-5-7-9-14/h5-11H,4H2,1-3H3/b12-10-,13-11+. The van der Waals surface area contributed by atoms with Gasteiger partial charge in [-0.25, -0.2) is 0 Å². The summed E-state index contributed by atoms with van der Waals surface area (Å²) in [5.74, 6) is 0. The van der Waals surface area contributed by atoms with Gasteiger partial charge in [-0.3, -0.25) is 0 Å². The zero-order valence-corrected chi connectivity index (χ0v) is 10.5. The lowest BCUT2D eigenvalue weighted by Crippen LogP contribution is -1.72. The van der Waals surface area contributed by atoms with Crippen LogP contribution in [0.4, 0.5) is 0 Å². The van der Waals surface area contributed by atoms with Crippen molar-refractivity contribution in [3.05, 3.63) is 53.0 Å². The molecule has 0 aliphatic rings. The van der Waals surface area contributed by atoms with Gasteiger partial charge in [0.2, 0.25) is 0 Å². The van der Waals surface area contributed by atoms with E-state index in [0.717, 1.165) is 6.42 Å². The number of rotatable bonds is 4. The molecule has 0 aromatic heterocycles. The van der Waals surface area contributed by atoms with Gasteiger partial charge in [-0.1, -0.05) is 54.6 Å². The minimum absolute atomic E-state index is 1.12. The highest BCUT2D eigenvalue weighted by atomic mass is 32.2. The first-order valence-corrected chi connectivity index (χ1v) is 6.11. The number of benzene rings is 1. The van der Waals surface area contributed by atoms with Crippen molar-refractivity contribution < 1.29 is 0 Å². The fourth-order valence-corrected chi connectivity index (χ4v) is 1.89. The molecule has 0 nitrogen and oxygen atoms in total. The lowest BCUT2D eigenvalue weighted by molar-refractivity contribution is 1.10. The van der Waals surface area contributed by atoms with Crippen LogP contribution in [0.2, 0.25) is 0 Å². The van der Waals surface area contributed by atoms with Crippen LogP contribution in [0.15, 0.2) is 57.9 Å². The van der Waals surface area contributed by atoms with Gasteiger partial charge in [0.25, 0.3) is 0 Å². The molecule has 1 heteroatoms. The first-order chi connectivity index (χ1) is 7.22. The second kappa shape index (κ2) is 6.52. The Kier molecular flexibility index (Phi) is 5.27. The summed E-state index contributed by atoms with van der Waals surface area (Å²) in [6.07, 6.45) is 5.52. The van der Waals surface area contributed by atoms with E-state index in [-0.39, 0.29) is 0 Å². The van der Waals surface area contributed by atoms with Gasteiger partial charge in [0.1, 0.15) is 0 Å². The molecule has 0 aliphatic heterocycles. The maximum atomic E-state index is 2.20. The molecule has 1 rings (SSSR count). The Morgan fingerprint density at radius 2 is 1.80 bits per heavy atom. The zero-order chi connectivity index (χ0) is 11.1. The Morgan fingerprint density at radius 3 is 2.40 bits per heavy atom. The Balaban J connectivity index is 2.60. The largest absolute Gasteiger partial charge is 0.0949 e. The van der Waals surface area contributed by atoms with Crippen LogP contribution in [-0.2, 0) is 0 Å². The molecule has 80 valence electrons. The van der Waals surface area contributed by atoms with Crippen molar-refractivity contribution in [3.63, 3.8) is 0 Å². The molecule has 0 fully saturated rings. The lowest BCUT2D eigenvalue weighted by Gasteiger charge is -2.00. The highest BCUT2D eigenvalue weighted by molar-refractivity contribution is 8.03. The third-order valence-electron chi connectivity index (χ3n) is 2.18. The summed E-state index contributed by atoms with van der Waals surface area (Å²) >= 11 is 1.81. The molecule has 0 N–H and O–H groups in total. The summed E-state index contributed by atoms with van der Waals surface area (Å²) in [6, 6.07) is 10.5. The van der Waals surface area contributed by atoms with Crippen molar-refractivity contribution in [1.29, 1.82) is 0 Å². The summed E-state index contributed by atoms with van der Waals surface area (Å²) in [5, 5.41) is 0. The molecule has 0 bridgehead atoms. The molecule has 0 spiro atoms. The van der Waals surface area contributed by atoms with E-state index in [1.807, 2.05) is 17.8 Å². The van der Waals surface area contributed by atoms with Crippen LogP contribution in [-0.4, -0.2) is 0 Å². The van der Waals surface area contributed by atoms with Crippen LogP contribution in [0, 0.1) is 0 Å². The van der Waals surface area contributed by atoms with Gasteiger partial charge in [0, 0.05) is 4.90 Å². The van der Waals surface area contributed by atoms with E-state index < -0.39 is 0 Å². The van der Waals surface area contributed by atoms with Crippen LogP contribution in [0.25, 0.3) is 0 Å². The van der Waals surface area contributed by atoms with E-state index >= 15 is 0 Å². The SMILES string of the molecule is CC/C(C)=C\C=C(/C)Sc1ccccc1. The minimum atomic E-state index is 1.12. The van der Waals surface area contributed by atoms with E-state index in [4.69, 9.17) is 0 Å². The third-order valence-corrected chi connectivity index (χ3v) is 3.15. The fraction of sp³-hybridized carbons (Fsp3) is 0.286. The predicted molar refractivity (Wildman–Crippen MR) is 70.1 cm³/mol. The monoisotopic (exact) mass is 218 g/mol. The molecule has 1 aromatic rings. The normalized spacial score (nSPS) is 13.0. The van der Waals surface area contributed by atoms with Gasteiger partial charge in [0.05, 0.1) is 0 Å². The summed E-state index contributed by atoms with van der Waals surface area (Å²) in [7, 11) is 0. The van der Waals surface area contributed by atoms with Crippen molar-refractivity contribution in [3.8, 4) is 0 Å². The maximum absolute atomic E-state index is 2.20. The van der Waals surface area contributed by atoms with Gasteiger partial charge >= 0.3 is 0 Å². The van der Waals surface area contributed by atoms with Crippen molar-refractivity contribution in [2.75, 3.05) is 0 Å². The summed E-state index contributed by atoms with van der Waals surface area (Å²) in [4.78, 5) is 2.63. The number of hydrogen-bond donors (Lipinski definition) is 0. The molecule has 0 atom stereocenters. The first kappa shape index (κ1) is 12.1. The van der Waals surface area contributed by atoms with Crippen molar-refractivity contribution in [2.24, 2.45) is 0 Å². The maximum Gasteiger partial charge on any atom is 0.0118 e. The summed E-state index contributed by atoms with van der Waals surface area (Å²) in [5.41, 5.74) is 1.42. The third kappa shape index (κ3) is 4.89. The molecular formula is C14H18S. The van der Waals surface area contributed by atoms with E-state index in [9.17, 15) is 0 Å². The van der Waals surface area contributed by atoms with Gasteiger partial charge in [-0.15, -0.1) is 0 Å². The quantitative estimate of drug-likeness (QED) is 0.504. The molecule has 15 heavy (non-hydrogen) atoms. The molecule has 0 radical (unpaired) electrons. The van der Waals surface area contributed by atoms with Crippen LogP contribution in [0.1, 0.15) is 27.2 Å². The van der Waals surface area contributed by atoms with E-state index in [1.54, 1.807) is 0 Å². The van der Waals surface area contributed by atoms with Crippen molar-refractivity contribution >= 4 is 11.8 Å². The average molecular weight is 218 g/mol. The summed E-state index contributed by atoms with van der Waals surface area (Å²) in [6.45, 7) is 6.49. The molecule has 0 saturated carbocycles. The number of allylic oxidation sites excluding steroid dienone is 4. The second-order valence-corrected chi connectivity index (χ2v) is 4.88. The number of hydrogen-bond acceptors (Lipinski definition) is 1. The highest BCUT2D eigenvalue weighted by Crippen LogP contribution is 2.25. The Bertz CT molecular complexity index is 347. The molecule has 0 aliphatic carbocycles. The van der Waals surface area contributed by atoms with E-state index in [1.165, 1.54) is 15.4 Å². The van der Waals surface area contributed by atoms with Crippen LogP contribution in [0.3, 0.4) is 0 Å². The first-order valence-electron chi connectivity index (χ1n) is 5.29. The molecule has 0 amide bonds. The van der Waals surface area contributed by atoms with Crippen molar-refractivity contribution in [1.82, 2.24) is 0 Å². The molecule has 1 aromatic carbocycles. The molecule has 0 heterocycles. The van der Waals surface area contributed by atoms with Gasteiger partial charge in [-0.05, 0) is 37.3 Å². The van der Waals surface area contributed by atoms with Crippen molar-refractivity contribution in [2.45, 2.75) is 32.1 Å². The smallest absolute Gasteiger partial charge is 0.0118 e. The number of thioether (sulfide) groups is 1. The fourth-order valence-electron chi connectivity index (χ4n) is 1.09. The minimum Gasteiger partial charge on any atom is -0.0949 e. The summed E-state index contributed by atoms with van der Waals surface area (Å²) < 4.78 is 0. The van der Waals surface area contributed by atoms with Crippen LogP contribution < -0.4 is 0 Å². The van der Waals surface area contributed by atoms with Crippen LogP contribution >= 0.6 is 11.8 Å². The van der Waals surface area contributed by atoms with Gasteiger partial charge in [-0.2, -0.15) is 0 Å². The van der Waals surface area contributed by atoms with Crippen LogP contribution in [0.5, 0.6) is 0 Å². The molecular weight excluding hydrogens is 200 g/mol. The Labute approximate surface area is 97.1 Å². The average Bonchev–Trinajstić information content (AvgIpc) is 2.27.